The van der Waals surface area contributed by atoms with E-state index in [-0.39, 0.29) is 28.3 Å². The second-order valence-electron chi connectivity index (χ2n) is 7.59. The maximum absolute atomic E-state index is 13.7. The molecular formula is C24H13F7N4O2. The van der Waals surface area contributed by atoms with Crippen molar-refractivity contribution in [1.29, 1.82) is 0 Å². The number of aromatic nitrogens is 4. The molecule has 0 spiro atoms. The molecule has 0 radical (unpaired) electrons. The molecule has 4 rings (SSSR count). The molecule has 2 heterocycles. The van der Waals surface area contributed by atoms with Gasteiger partial charge in [-0.2, -0.15) is 26.3 Å². The number of halogens is 7. The van der Waals surface area contributed by atoms with Crippen molar-refractivity contribution in [2.75, 3.05) is 0 Å². The van der Waals surface area contributed by atoms with Crippen molar-refractivity contribution in [2.24, 2.45) is 0 Å². The van der Waals surface area contributed by atoms with Crippen molar-refractivity contribution in [3.05, 3.63) is 89.5 Å². The molecule has 0 aliphatic carbocycles. The van der Waals surface area contributed by atoms with E-state index in [0.717, 1.165) is 77.9 Å². The van der Waals surface area contributed by atoms with Gasteiger partial charge in [-0.05, 0) is 30.3 Å². The molecule has 0 bridgehead atoms. The van der Waals surface area contributed by atoms with Crippen molar-refractivity contribution in [2.45, 2.75) is 12.4 Å². The van der Waals surface area contributed by atoms with Crippen molar-refractivity contribution >= 4 is 17.7 Å². The van der Waals surface area contributed by atoms with Crippen LogP contribution in [0.15, 0.2) is 67.0 Å². The molecule has 13 heteroatoms. The lowest BCUT2D eigenvalue weighted by Crippen LogP contribution is -2.05. The lowest BCUT2D eigenvalue weighted by molar-refractivity contribution is -0.138. The molecule has 37 heavy (non-hydrogen) atoms. The van der Waals surface area contributed by atoms with Gasteiger partial charge in [-0.1, -0.05) is 24.3 Å². The normalized spacial score (nSPS) is 12.6. The number of carboxylic acid groups (broad SMARTS) is 1. The van der Waals surface area contributed by atoms with Gasteiger partial charge >= 0.3 is 18.3 Å². The van der Waals surface area contributed by atoms with Crippen molar-refractivity contribution in [3.63, 3.8) is 0 Å². The van der Waals surface area contributed by atoms with E-state index in [1.54, 1.807) is 0 Å². The number of hydrogen-bond donors (Lipinski definition) is 1. The third-order valence-corrected chi connectivity index (χ3v) is 5.07. The molecule has 0 amide bonds. The standard InChI is InChI=1S/C24H13F7N4O2/c25-18-9-15(10-32-11-18)19(22(36)37)12-35-21(14-3-7-17(8-4-14)24(29,30)31)33-20(34-35)13-1-5-16(6-2-13)23(26,27)28/h1-12H,(H,36,37)/b19-12+. The van der Waals surface area contributed by atoms with Gasteiger partial charge in [0.05, 0.1) is 22.9 Å². The molecule has 6 nitrogen and oxygen atoms in total. The van der Waals surface area contributed by atoms with E-state index in [9.17, 15) is 40.6 Å². The highest BCUT2D eigenvalue weighted by molar-refractivity contribution is 6.19. The number of hydrogen-bond acceptors (Lipinski definition) is 4. The van der Waals surface area contributed by atoms with Crippen LogP contribution in [0.5, 0.6) is 0 Å². The molecule has 1 N–H and O–H groups in total. The van der Waals surface area contributed by atoms with Crippen LogP contribution in [-0.4, -0.2) is 30.8 Å². The zero-order valence-corrected chi connectivity index (χ0v) is 18.2. The number of carboxylic acids is 1. The summed E-state index contributed by atoms with van der Waals surface area (Å²) in [5.41, 5.74) is -2.28. The number of benzene rings is 2. The molecule has 0 atom stereocenters. The van der Waals surface area contributed by atoms with Gasteiger partial charge in [0, 0.05) is 29.1 Å². The largest absolute Gasteiger partial charge is 0.478 e. The first-order valence-corrected chi connectivity index (χ1v) is 10.2. The monoisotopic (exact) mass is 522 g/mol. The first-order chi connectivity index (χ1) is 17.3. The average molecular weight is 522 g/mol. The third-order valence-electron chi connectivity index (χ3n) is 5.07. The number of alkyl halides is 6. The van der Waals surface area contributed by atoms with Gasteiger partial charge in [-0.3, -0.25) is 4.98 Å². The number of rotatable bonds is 5. The van der Waals surface area contributed by atoms with Gasteiger partial charge in [0.15, 0.2) is 11.6 Å². The van der Waals surface area contributed by atoms with E-state index < -0.39 is 40.8 Å². The summed E-state index contributed by atoms with van der Waals surface area (Å²) in [6.45, 7) is 0. The summed E-state index contributed by atoms with van der Waals surface area (Å²) in [6, 6.07) is 8.41. The molecule has 0 saturated heterocycles. The molecular weight excluding hydrogens is 509 g/mol. The minimum Gasteiger partial charge on any atom is -0.478 e. The Labute approximate surface area is 203 Å². The summed E-state index contributed by atoms with van der Waals surface area (Å²) in [5, 5.41) is 13.8. The van der Waals surface area contributed by atoms with E-state index >= 15 is 0 Å². The lowest BCUT2D eigenvalue weighted by Gasteiger charge is -2.08. The van der Waals surface area contributed by atoms with E-state index in [1.165, 1.54) is 0 Å². The molecule has 4 aromatic rings. The first-order valence-electron chi connectivity index (χ1n) is 10.2. The zero-order valence-electron chi connectivity index (χ0n) is 18.2. The van der Waals surface area contributed by atoms with Gasteiger partial charge < -0.3 is 5.11 Å². The predicted octanol–water partition coefficient (Wildman–Crippen LogP) is 6.27. The van der Waals surface area contributed by atoms with Gasteiger partial charge in [0.25, 0.3) is 0 Å². The molecule has 0 aliphatic rings. The minimum atomic E-state index is -4.61. The Morgan fingerprint density at radius 2 is 1.38 bits per heavy atom. The molecule has 2 aromatic carbocycles. The SMILES string of the molecule is O=C(O)/C(=C/n1nc(-c2ccc(C(F)(F)F)cc2)nc1-c1ccc(C(F)(F)F)cc1)c1cncc(F)c1. The minimum absolute atomic E-state index is 0.0945. The van der Waals surface area contributed by atoms with E-state index in [4.69, 9.17) is 0 Å². The highest BCUT2D eigenvalue weighted by Crippen LogP contribution is 2.33. The molecule has 2 aromatic heterocycles. The number of carbonyl (C=O) groups is 1. The van der Waals surface area contributed by atoms with Crippen LogP contribution in [0, 0.1) is 5.82 Å². The fourth-order valence-electron chi connectivity index (χ4n) is 3.28. The van der Waals surface area contributed by atoms with Gasteiger partial charge in [-0.25, -0.2) is 18.9 Å². The summed E-state index contributed by atoms with van der Waals surface area (Å²) < 4.78 is 92.4. The lowest BCUT2D eigenvalue weighted by atomic mass is 10.1. The number of aliphatic carboxylic acids is 1. The van der Waals surface area contributed by atoms with E-state index in [1.807, 2.05) is 0 Å². The van der Waals surface area contributed by atoms with Crippen LogP contribution in [0.4, 0.5) is 30.7 Å². The topological polar surface area (TPSA) is 80.9 Å². The summed E-state index contributed by atoms with van der Waals surface area (Å²) in [5.74, 6) is -2.58. The molecule has 0 saturated carbocycles. The maximum atomic E-state index is 13.7. The van der Waals surface area contributed by atoms with Crippen LogP contribution in [0.1, 0.15) is 16.7 Å². The molecule has 190 valence electrons. The van der Waals surface area contributed by atoms with Crippen LogP contribution in [0.3, 0.4) is 0 Å². The van der Waals surface area contributed by atoms with E-state index in [0.29, 0.717) is 0 Å². The fourth-order valence-corrected chi connectivity index (χ4v) is 3.28. The van der Waals surface area contributed by atoms with E-state index in [2.05, 4.69) is 15.1 Å². The second-order valence-corrected chi connectivity index (χ2v) is 7.59. The Morgan fingerprint density at radius 3 is 1.86 bits per heavy atom. The quantitative estimate of drug-likeness (QED) is 0.247. The Bertz CT molecular complexity index is 1470. The van der Waals surface area contributed by atoms with Crippen LogP contribution in [0.2, 0.25) is 0 Å². The highest BCUT2D eigenvalue weighted by Gasteiger charge is 2.31. The maximum Gasteiger partial charge on any atom is 0.416 e. The van der Waals surface area contributed by atoms with Crippen molar-refractivity contribution in [3.8, 4) is 22.8 Å². The summed E-state index contributed by atoms with van der Waals surface area (Å²) in [6.07, 6.45) is -6.32. The van der Waals surface area contributed by atoms with Crippen LogP contribution >= 0.6 is 0 Å². The summed E-state index contributed by atoms with van der Waals surface area (Å²) >= 11 is 0. The van der Waals surface area contributed by atoms with Crippen LogP contribution in [-0.2, 0) is 17.1 Å². The zero-order chi connectivity index (χ0) is 27.0. The predicted molar refractivity (Wildman–Crippen MR) is 117 cm³/mol. The van der Waals surface area contributed by atoms with Gasteiger partial charge in [0.1, 0.15) is 5.82 Å². The average Bonchev–Trinajstić information content (AvgIpc) is 3.25. The first kappa shape index (κ1) is 25.5. The third kappa shape index (κ3) is 5.66. The second kappa shape index (κ2) is 9.48. The smallest absolute Gasteiger partial charge is 0.416 e. The number of nitrogens with zero attached hydrogens (tertiary/aromatic N) is 4. The fraction of sp³-hybridized carbons (Fsp3) is 0.0833. The van der Waals surface area contributed by atoms with Gasteiger partial charge in [-0.15, -0.1) is 5.10 Å². The van der Waals surface area contributed by atoms with Crippen LogP contribution < -0.4 is 0 Å². The van der Waals surface area contributed by atoms with Crippen molar-refractivity contribution < 1.29 is 40.6 Å². The molecule has 0 fully saturated rings. The highest BCUT2D eigenvalue weighted by atomic mass is 19.4. The Morgan fingerprint density at radius 1 is 0.838 bits per heavy atom. The summed E-state index contributed by atoms with van der Waals surface area (Å²) in [7, 11) is 0. The van der Waals surface area contributed by atoms with Crippen molar-refractivity contribution in [1.82, 2.24) is 19.7 Å². The van der Waals surface area contributed by atoms with Crippen LogP contribution in [0.25, 0.3) is 34.5 Å². The Kier molecular flexibility index (Phi) is 6.55. The Balaban J connectivity index is 1.87. The van der Waals surface area contributed by atoms with Gasteiger partial charge in [0.2, 0.25) is 0 Å². The Hall–Kier alpha value is -4.55. The molecule has 0 aliphatic heterocycles. The summed E-state index contributed by atoms with van der Waals surface area (Å²) in [4.78, 5) is 19.7. The molecule has 0 unspecified atom stereocenters. The number of pyridine rings is 1.